The number of oxime groups is 1. The van der Waals surface area contributed by atoms with Gasteiger partial charge in [0, 0.05) is 0 Å². The van der Waals surface area contributed by atoms with E-state index in [1.165, 1.54) is 0 Å². The van der Waals surface area contributed by atoms with Gasteiger partial charge in [-0.3, -0.25) is 4.79 Å². The summed E-state index contributed by atoms with van der Waals surface area (Å²) in [5, 5.41) is 16.0. The third-order valence-corrected chi connectivity index (χ3v) is 2.77. The molecule has 0 atom stereocenters. The third-order valence-electron chi connectivity index (χ3n) is 2.77. The van der Waals surface area contributed by atoms with Gasteiger partial charge in [-0.1, -0.05) is 47.6 Å². The summed E-state index contributed by atoms with van der Waals surface area (Å²) in [6.07, 6.45) is 0.267. The first-order valence-electron chi connectivity index (χ1n) is 5.90. The van der Waals surface area contributed by atoms with E-state index in [0.717, 1.165) is 16.3 Å². The first-order valence-corrected chi connectivity index (χ1v) is 5.90. The lowest BCUT2D eigenvalue weighted by molar-refractivity contribution is -0.120. The van der Waals surface area contributed by atoms with Crippen LogP contribution in [-0.4, -0.2) is 23.5 Å². The Morgan fingerprint density at radius 3 is 2.68 bits per heavy atom. The number of rotatable bonds is 4. The van der Waals surface area contributed by atoms with Gasteiger partial charge in [-0.15, -0.1) is 0 Å². The minimum absolute atomic E-state index is 0.0214. The average molecular weight is 257 g/mol. The van der Waals surface area contributed by atoms with E-state index in [2.05, 4.69) is 10.5 Å². The highest BCUT2D eigenvalue weighted by atomic mass is 16.4. The van der Waals surface area contributed by atoms with Crippen LogP contribution in [0, 0.1) is 0 Å². The van der Waals surface area contributed by atoms with Crippen LogP contribution in [0.1, 0.15) is 5.56 Å². The van der Waals surface area contributed by atoms with Crippen LogP contribution in [0.4, 0.5) is 0 Å². The first-order chi connectivity index (χ1) is 9.19. The summed E-state index contributed by atoms with van der Waals surface area (Å²) in [5.74, 6) is -0.186. The molecule has 0 aromatic heterocycles. The minimum Gasteiger partial charge on any atom is -0.409 e. The molecule has 5 heteroatoms. The van der Waals surface area contributed by atoms with Crippen molar-refractivity contribution in [2.24, 2.45) is 10.9 Å². The van der Waals surface area contributed by atoms with Crippen molar-refractivity contribution in [3.05, 3.63) is 48.0 Å². The molecule has 2 rings (SSSR count). The second-order valence-electron chi connectivity index (χ2n) is 4.23. The predicted octanol–water partition coefficient (Wildman–Crippen LogP) is 1.24. The third kappa shape index (κ3) is 3.45. The fourth-order valence-corrected chi connectivity index (χ4v) is 1.82. The van der Waals surface area contributed by atoms with Gasteiger partial charge in [0.05, 0.1) is 13.0 Å². The smallest absolute Gasteiger partial charge is 0.224 e. The Balaban J connectivity index is 2.03. The second kappa shape index (κ2) is 5.86. The quantitative estimate of drug-likeness (QED) is 0.333. The molecule has 98 valence electrons. The number of carbonyl (C=O) groups is 1. The van der Waals surface area contributed by atoms with Gasteiger partial charge in [0.1, 0.15) is 0 Å². The summed E-state index contributed by atoms with van der Waals surface area (Å²) in [6, 6.07) is 13.9. The molecule has 0 unspecified atom stereocenters. The summed E-state index contributed by atoms with van der Waals surface area (Å²) in [4.78, 5) is 11.7. The maximum atomic E-state index is 11.7. The Morgan fingerprint density at radius 1 is 1.21 bits per heavy atom. The van der Waals surface area contributed by atoms with Crippen LogP contribution >= 0.6 is 0 Å². The molecule has 0 spiro atoms. The minimum atomic E-state index is -0.165. The highest BCUT2D eigenvalue weighted by Gasteiger charge is 2.04. The second-order valence-corrected chi connectivity index (χ2v) is 4.23. The molecule has 0 aliphatic carbocycles. The Labute approximate surface area is 110 Å². The van der Waals surface area contributed by atoms with Crippen molar-refractivity contribution in [1.82, 2.24) is 5.32 Å². The van der Waals surface area contributed by atoms with Crippen LogP contribution in [0.25, 0.3) is 10.8 Å². The van der Waals surface area contributed by atoms with E-state index in [-0.39, 0.29) is 24.7 Å². The van der Waals surface area contributed by atoms with Gasteiger partial charge in [0.2, 0.25) is 5.91 Å². The zero-order valence-corrected chi connectivity index (χ0v) is 10.3. The van der Waals surface area contributed by atoms with Gasteiger partial charge < -0.3 is 16.3 Å². The molecule has 0 fully saturated rings. The molecule has 2 aromatic carbocycles. The molecule has 0 radical (unpaired) electrons. The number of nitrogens with one attached hydrogen (secondary N) is 1. The van der Waals surface area contributed by atoms with E-state index in [0.29, 0.717) is 0 Å². The molecule has 0 aliphatic heterocycles. The molecule has 0 saturated carbocycles. The maximum absolute atomic E-state index is 11.7. The molecule has 4 N–H and O–H groups in total. The summed E-state index contributed by atoms with van der Waals surface area (Å²) in [6.45, 7) is 0.0446. The lowest BCUT2D eigenvalue weighted by Gasteiger charge is -2.05. The van der Waals surface area contributed by atoms with E-state index < -0.39 is 0 Å². The molecular weight excluding hydrogens is 242 g/mol. The number of hydrogen-bond acceptors (Lipinski definition) is 3. The van der Waals surface area contributed by atoms with Crippen molar-refractivity contribution in [3.63, 3.8) is 0 Å². The first kappa shape index (κ1) is 12.9. The van der Waals surface area contributed by atoms with Crippen LogP contribution < -0.4 is 11.1 Å². The van der Waals surface area contributed by atoms with Crippen molar-refractivity contribution in [3.8, 4) is 0 Å². The number of carbonyl (C=O) groups excluding carboxylic acids is 1. The SMILES string of the molecule is N/C(CNC(=O)Cc1ccc2ccccc2c1)=N/O. The van der Waals surface area contributed by atoms with Gasteiger partial charge in [0.25, 0.3) is 0 Å². The van der Waals surface area contributed by atoms with Crippen molar-refractivity contribution in [2.45, 2.75) is 6.42 Å². The molecule has 0 saturated heterocycles. The molecule has 19 heavy (non-hydrogen) atoms. The lowest BCUT2D eigenvalue weighted by Crippen LogP contribution is -2.34. The van der Waals surface area contributed by atoms with E-state index in [9.17, 15) is 4.79 Å². The molecule has 2 aromatic rings. The Kier molecular flexibility index (Phi) is 3.97. The van der Waals surface area contributed by atoms with Gasteiger partial charge >= 0.3 is 0 Å². The van der Waals surface area contributed by atoms with Gasteiger partial charge in [0.15, 0.2) is 5.84 Å². The van der Waals surface area contributed by atoms with Gasteiger partial charge in [-0.25, -0.2) is 0 Å². The predicted molar refractivity (Wildman–Crippen MR) is 74.1 cm³/mol. The zero-order valence-electron chi connectivity index (χ0n) is 10.3. The molecule has 0 aliphatic rings. The summed E-state index contributed by atoms with van der Waals surface area (Å²) in [5.41, 5.74) is 6.20. The Bertz CT molecular complexity index is 623. The van der Waals surface area contributed by atoms with E-state index in [1.54, 1.807) is 0 Å². The number of benzene rings is 2. The van der Waals surface area contributed by atoms with E-state index in [4.69, 9.17) is 10.9 Å². The number of nitrogens with two attached hydrogens (primary N) is 1. The van der Waals surface area contributed by atoms with E-state index >= 15 is 0 Å². The van der Waals surface area contributed by atoms with Gasteiger partial charge in [-0.05, 0) is 16.3 Å². The Morgan fingerprint density at radius 2 is 1.95 bits per heavy atom. The van der Waals surface area contributed by atoms with Crippen molar-refractivity contribution in [2.75, 3.05) is 6.54 Å². The molecule has 5 nitrogen and oxygen atoms in total. The van der Waals surface area contributed by atoms with Crippen molar-refractivity contribution >= 4 is 22.5 Å². The summed E-state index contributed by atoms with van der Waals surface area (Å²) < 4.78 is 0. The summed E-state index contributed by atoms with van der Waals surface area (Å²) >= 11 is 0. The normalized spacial score (nSPS) is 11.5. The highest BCUT2D eigenvalue weighted by molar-refractivity contribution is 5.88. The molecular formula is C14H15N3O2. The number of amides is 1. The van der Waals surface area contributed by atoms with Crippen LogP contribution in [-0.2, 0) is 11.2 Å². The van der Waals surface area contributed by atoms with Crippen LogP contribution in [0.2, 0.25) is 0 Å². The zero-order chi connectivity index (χ0) is 13.7. The highest BCUT2D eigenvalue weighted by Crippen LogP contribution is 2.15. The topological polar surface area (TPSA) is 87.7 Å². The molecule has 1 amide bonds. The van der Waals surface area contributed by atoms with Gasteiger partial charge in [-0.2, -0.15) is 0 Å². The number of nitrogens with zero attached hydrogens (tertiary/aromatic N) is 1. The number of amidine groups is 1. The largest absolute Gasteiger partial charge is 0.409 e. The van der Waals surface area contributed by atoms with Crippen molar-refractivity contribution < 1.29 is 10.0 Å². The van der Waals surface area contributed by atoms with E-state index in [1.807, 2.05) is 42.5 Å². The monoisotopic (exact) mass is 257 g/mol. The Hall–Kier alpha value is -2.56. The number of hydrogen-bond donors (Lipinski definition) is 3. The fraction of sp³-hybridized carbons (Fsp3) is 0.143. The van der Waals surface area contributed by atoms with Crippen LogP contribution in [0.5, 0.6) is 0 Å². The maximum Gasteiger partial charge on any atom is 0.224 e. The average Bonchev–Trinajstić information content (AvgIpc) is 2.44. The molecule has 0 heterocycles. The van der Waals surface area contributed by atoms with Crippen molar-refractivity contribution in [1.29, 1.82) is 0 Å². The van der Waals surface area contributed by atoms with Crippen LogP contribution in [0.3, 0.4) is 0 Å². The molecule has 0 bridgehead atoms. The number of fused-ring (bicyclic) bond motifs is 1. The fourth-order valence-electron chi connectivity index (χ4n) is 1.82. The summed E-state index contributed by atoms with van der Waals surface area (Å²) in [7, 11) is 0. The van der Waals surface area contributed by atoms with Crippen LogP contribution in [0.15, 0.2) is 47.6 Å². The standard InChI is InChI=1S/C14H15N3O2/c15-13(17-19)9-16-14(18)8-10-5-6-11-3-1-2-4-12(11)7-10/h1-7,19H,8-9H2,(H2,15,17)(H,16,18). The lowest BCUT2D eigenvalue weighted by atomic mass is 10.1.